The molecule has 60 valence electrons. The molecule has 0 aromatic rings. The summed E-state index contributed by atoms with van der Waals surface area (Å²) < 4.78 is 0.373. The van der Waals surface area contributed by atoms with E-state index in [2.05, 4.69) is 15.9 Å². The Morgan fingerprint density at radius 3 is 2.09 bits per heavy atom. The van der Waals surface area contributed by atoms with Crippen molar-refractivity contribution < 1.29 is 9.59 Å². The molecule has 0 spiro atoms. The normalized spacial score (nSPS) is 18.6. The molecular weight excluding hydrogens is 230 g/mol. The molecule has 0 radical (unpaired) electrons. The predicted molar refractivity (Wildman–Crippen MR) is 47.2 cm³/mol. The minimum atomic E-state index is -0.264. The molecule has 0 aliphatic carbocycles. The van der Waals surface area contributed by atoms with Crippen LogP contribution in [0.25, 0.3) is 0 Å². The largest absolute Gasteiger partial charge is 0.277 e. The number of amides is 2. The summed E-state index contributed by atoms with van der Waals surface area (Å²) in [5.74, 6) is -0.492. The number of carbonyl (C=O) groups is 2. The van der Waals surface area contributed by atoms with Gasteiger partial charge in [-0.05, 0) is 22.2 Å². The van der Waals surface area contributed by atoms with Gasteiger partial charge in [0.2, 0.25) is 0 Å². The molecule has 1 aliphatic rings. The molecule has 0 fully saturated rings. The van der Waals surface area contributed by atoms with Crippen LogP contribution in [0.4, 0.5) is 0 Å². The average molecular weight is 236 g/mol. The van der Waals surface area contributed by atoms with Gasteiger partial charge in [0.15, 0.2) is 0 Å². The highest BCUT2D eigenvalue weighted by Gasteiger charge is 2.33. The van der Waals surface area contributed by atoms with Crippen molar-refractivity contribution >= 4 is 39.5 Å². The van der Waals surface area contributed by atoms with Gasteiger partial charge in [-0.25, -0.2) is 0 Å². The number of hydrogen-bond acceptors (Lipinski definition) is 3. The van der Waals surface area contributed by atoms with Crippen LogP contribution in [0.2, 0.25) is 0 Å². The van der Waals surface area contributed by atoms with Gasteiger partial charge in [-0.1, -0.05) is 0 Å². The zero-order valence-electron chi connectivity index (χ0n) is 6.05. The van der Waals surface area contributed by atoms with E-state index in [1.165, 1.54) is 18.8 Å². The van der Waals surface area contributed by atoms with E-state index in [0.717, 1.165) is 4.90 Å². The first kappa shape index (κ1) is 8.80. The maximum atomic E-state index is 11.2. The van der Waals surface area contributed by atoms with Gasteiger partial charge in [0.05, 0.1) is 4.91 Å². The Bertz CT molecular complexity index is 261. The maximum absolute atomic E-state index is 11.2. The molecule has 0 unspecified atom stereocenters. The van der Waals surface area contributed by atoms with Gasteiger partial charge in [0.1, 0.15) is 4.48 Å². The van der Waals surface area contributed by atoms with Crippen LogP contribution < -0.4 is 0 Å². The number of likely N-dealkylation sites (N-methyl/N-ethyl adjacent to an activating group) is 1. The van der Waals surface area contributed by atoms with Crippen LogP contribution in [0.1, 0.15) is 0 Å². The van der Waals surface area contributed by atoms with Gasteiger partial charge in [0.25, 0.3) is 11.8 Å². The third kappa shape index (κ3) is 1.22. The zero-order chi connectivity index (χ0) is 8.59. The fourth-order valence-electron chi connectivity index (χ4n) is 0.760. The average Bonchev–Trinajstić information content (AvgIpc) is 2.17. The summed E-state index contributed by atoms with van der Waals surface area (Å²) in [5.41, 5.74) is 0. The summed E-state index contributed by atoms with van der Waals surface area (Å²) in [6.45, 7) is 0. The molecule has 1 heterocycles. The molecule has 0 saturated carbocycles. The number of halogens is 1. The van der Waals surface area contributed by atoms with E-state index < -0.39 is 0 Å². The summed E-state index contributed by atoms with van der Waals surface area (Å²) in [4.78, 5) is 23.8. The van der Waals surface area contributed by atoms with Gasteiger partial charge in [-0.3, -0.25) is 14.5 Å². The van der Waals surface area contributed by atoms with E-state index in [1.54, 1.807) is 6.26 Å². The van der Waals surface area contributed by atoms with Crippen molar-refractivity contribution in [2.75, 3.05) is 13.3 Å². The van der Waals surface area contributed by atoms with Crippen molar-refractivity contribution in [1.29, 1.82) is 0 Å². The summed E-state index contributed by atoms with van der Waals surface area (Å²) in [5, 5.41) is 0. The maximum Gasteiger partial charge on any atom is 0.268 e. The number of imide groups is 1. The van der Waals surface area contributed by atoms with Crippen LogP contribution in [0.15, 0.2) is 9.39 Å². The Labute approximate surface area is 76.9 Å². The summed E-state index contributed by atoms with van der Waals surface area (Å²) in [7, 11) is 1.47. The SMILES string of the molecule is CSC1=C(Br)C(=O)N(C)C1=O. The topological polar surface area (TPSA) is 37.4 Å². The molecule has 3 nitrogen and oxygen atoms in total. The molecule has 0 atom stereocenters. The van der Waals surface area contributed by atoms with E-state index in [9.17, 15) is 9.59 Å². The number of thioether (sulfide) groups is 1. The number of rotatable bonds is 1. The van der Waals surface area contributed by atoms with Crippen LogP contribution in [0.3, 0.4) is 0 Å². The molecule has 0 aromatic carbocycles. The monoisotopic (exact) mass is 235 g/mol. The van der Waals surface area contributed by atoms with Crippen LogP contribution in [0, 0.1) is 0 Å². The smallest absolute Gasteiger partial charge is 0.268 e. The predicted octanol–water partition coefficient (Wildman–Crippen LogP) is 0.954. The van der Waals surface area contributed by atoms with E-state index in [-0.39, 0.29) is 11.8 Å². The van der Waals surface area contributed by atoms with Crippen molar-refractivity contribution in [2.24, 2.45) is 0 Å². The molecule has 1 aliphatic heterocycles. The first-order chi connectivity index (χ1) is 5.09. The Balaban J connectivity index is 3.08. The van der Waals surface area contributed by atoms with E-state index in [0.29, 0.717) is 9.39 Å². The van der Waals surface area contributed by atoms with Crippen molar-refractivity contribution in [1.82, 2.24) is 4.90 Å². The fraction of sp³-hybridized carbons (Fsp3) is 0.333. The van der Waals surface area contributed by atoms with E-state index in [4.69, 9.17) is 0 Å². The quantitative estimate of drug-likeness (QED) is 0.636. The van der Waals surface area contributed by atoms with Crippen LogP contribution in [-0.2, 0) is 9.59 Å². The molecule has 0 aromatic heterocycles. The molecule has 11 heavy (non-hydrogen) atoms. The van der Waals surface area contributed by atoms with Crippen LogP contribution in [0.5, 0.6) is 0 Å². The second kappa shape index (κ2) is 2.98. The van der Waals surface area contributed by atoms with Crippen molar-refractivity contribution in [3.8, 4) is 0 Å². The van der Waals surface area contributed by atoms with Gasteiger partial charge < -0.3 is 0 Å². The lowest BCUT2D eigenvalue weighted by molar-refractivity contribution is -0.135. The molecule has 1 rings (SSSR count). The van der Waals surface area contributed by atoms with Crippen molar-refractivity contribution in [3.05, 3.63) is 9.39 Å². The highest BCUT2D eigenvalue weighted by molar-refractivity contribution is 9.12. The minimum absolute atomic E-state index is 0.227. The molecule has 0 bridgehead atoms. The highest BCUT2D eigenvalue weighted by atomic mass is 79.9. The second-order valence-corrected chi connectivity index (χ2v) is 3.63. The third-order valence-electron chi connectivity index (χ3n) is 1.39. The third-order valence-corrected chi connectivity index (χ3v) is 3.18. The van der Waals surface area contributed by atoms with Gasteiger partial charge in [-0.15, -0.1) is 11.8 Å². The lowest BCUT2D eigenvalue weighted by Gasteiger charge is -2.04. The second-order valence-electron chi connectivity index (χ2n) is 2.02. The molecule has 5 heteroatoms. The number of nitrogens with zero attached hydrogens (tertiary/aromatic N) is 1. The number of carbonyl (C=O) groups excluding carboxylic acids is 2. The van der Waals surface area contributed by atoms with E-state index in [1.807, 2.05) is 0 Å². The van der Waals surface area contributed by atoms with Crippen molar-refractivity contribution in [3.63, 3.8) is 0 Å². The molecule has 2 amide bonds. The fourth-order valence-corrected chi connectivity index (χ4v) is 2.26. The summed E-state index contributed by atoms with van der Waals surface area (Å²) in [6, 6.07) is 0. The standard InChI is InChI=1S/C6H6BrNO2S/c1-8-5(9)3(7)4(11-2)6(8)10/h1-2H3. The lowest BCUT2D eigenvalue weighted by atomic mass is 10.5. The van der Waals surface area contributed by atoms with Crippen LogP contribution in [-0.4, -0.2) is 30.0 Å². The summed E-state index contributed by atoms with van der Waals surface area (Å²) in [6.07, 6.45) is 1.76. The summed E-state index contributed by atoms with van der Waals surface area (Å²) >= 11 is 4.33. The number of hydrogen-bond donors (Lipinski definition) is 0. The van der Waals surface area contributed by atoms with Crippen LogP contribution >= 0.6 is 27.7 Å². The van der Waals surface area contributed by atoms with Gasteiger partial charge in [-0.2, -0.15) is 0 Å². The Kier molecular flexibility index (Phi) is 2.39. The first-order valence-electron chi connectivity index (χ1n) is 2.85. The van der Waals surface area contributed by atoms with E-state index >= 15 is 0 Å². The first-order valence-corrected chi connectivity index (χ1v) is 4.87. The van der Waals surface area contributed by atoms with Gasteiger partial charge >= 0.3 is 0 Å². The van der Waals surface area contributed by atoms with Gasteiger partial charge in [0, 0.05) is 7.05 Å². The Morgan fingerprint density at radius 2 is 1.91 bits per heavy atom. The Hall–Kier alpha value is -0.290. The zero-order valence-corrected chi connectivity index (χ0v) is 8.45. The Morgan fingerprint density at radius 1 is 1.36 bits per heavy atom. The molecule has 0 saturated heterocycles. The minimum Gasteiger partial charge on any atom is -0.277 e. The highest BCUT2D eigenvalue weighted by Crippen LogP contribution is 2.30. The van der Waals surface area contributed by atoms with Crippen molar-refractivity contribution in [2.45, 2.75) is 0 Å². The lowest BCUT2D eigenvalue weighted by Crippen LogP contribution is -2.26. The molecule has 0 N–H and O–H groups in total. The molecular formula is C6H6BrNO2S.